The van der Waals surface area contributed by atoms with Gasteiger partial charge in [-0.05, 0) is 10.8 Å². The summed E-state index contributed by atoms with van der Waals surface area (Å²) in [7, 11) is 0. The first-order chi connectivity index (χ1) is 6.10. The molecule has 0 amide bonds. The van der Waals surface area contributed by atoms with Gasteiger partial charge in [0.25, 0.3) is 0 Å². The van der Waals surface area contributed by atoms with E-state index >= 15 is 0 Å². The van der Waals surface area contributed by atoms with Crippen LogP contribution in [-0.2, 0) is 0 Å². The lowest BCUT2D eigenvalue weighted by molar-refractivity contribution is 0.0535. The molecule has 1 heterocycles. The van der Waals surface area contributed by atoms with Crippen LogP contribution in [0.5, 0.6) is 0 Å². The smallest absolute Gasteiger partial charge is 0.115 e. The van der Waals surface area contributed by atoms with Crippen molar-refractivity contribution in [3.05, 3.63) is 0 Å². The van der Waals surface area contributed by atoms with Crippen LogP contribution in [0.4, 0.5) is 0 Å². The van der Waals surface area contributed by atoms with Gasteiger partial charge in [-0.25, -0.2) is 0 Å². The van der Waals surface area contributed by atoms with Gasteiger partial charge in [0.2, 0.25) is 0 Å². The van der Waals surface area contributed by atoms with E-state index in [0.717, 1.165) is 5.75 Å². The van der Waals surface area contributed by atoms with Crippen molar-refractivity contribution in [2.45, 2.75) is 52.6 Å². The van der Waals surface area contributed by atoms with Crippen LogP contribution in [0.3, 0.4) is 0 Å². The van der Waals surface area contributed by atoms with Crippen molar-refractivity contribution in [2.75, 3.05) is 5.75 Å². The maximum Gasteiger partial charge on any atom is 0.115 e. The van der Waals surface area contributed by atoms with Crippen molar-refractivity contribution in [1.82, 2.24) is 5.32 Å². The highest BCUT2D eigenvalue weighted by atomic mass is 32.2. The number of rotatable bonds is 0. The van der Waals surface area contributed by atoms with E-state index in [0.29, 0.717) is 0 Å². The number of thioether (sulfide) groups is 1. The fourth-order valence-corrected chi connectivity index (χ4v) is 4.09. The van der Waals surface area contributed by atoms with Gasteiger partial charge in [-0.2, -0.15) is 0 Å². The van der Waals surface area contributed by atoms with E-state index in [1.807, 2.05) is 11.8 Å². The zero-order valence-corrected chi connectivity index (χ0v) is 11.0. The van der Waals surface area contributed by atoms with E-state index in [1.54, 1.807) is 0 Å². The van der Waals surface area contributed by atoms with E-state index in [2.05, 4.69) is 46.9 Å². The highest BCUT2D eigenvalue weighted by Crippen LogP contribution is 2.54. The topological polar surface area (TPSA) is 32.3 Å². The van der Waals surface area contributed by atoms with E-state index in [4.69, 9.17) is 0 Å². The zero-order chi connectivity index (χ0) is 11.2. The summed E-state index contributed by atoms with van der Waals surface area (Å²) in [5.74, 6) is 0.786. The average molecular weight is 217 g/mol. The molecule has 1 fully saturated rings. The van der Waals surface area contributed by atoms with Crippen molar-refractivity contribution < 1.29 is 5.11 Å². The number of aliphatic hydroxyl groups excluding tert-OH is 1. The first-order valence-electron chi connectivity index (χ1n) is 5.20. The summed E-state index contributed by atoms with van der Waals surface area (Å²) in [6.07, 6.45) is -0.363. The maximum atomic E-state index is 9.66. The number of aliphatic hydroxyl groups is 1. The van der Waals surface area contributed by atoms with Crippen LogP contribution in [0, 0.1) is 10.8 Å². The average Bonchev–Trinajstić information content (AvgIpc) is 2.28. The zero-order valence-electron chi connectivity index (χ0n) is 10.1. The Hall–Kier alpha value is 0.270. The number of hydrogen-bond acceptors (Lipinski definition) is 3. The van der Waals surface area contributed by atoms with Crippen LogP contribution < -0.4 is 5.32 Å². The van der Waals surface area contributed by atoms with Gasteiger partial charge in [0.15, 0.2) is 0 Å². The highest BCUT2D eigenvalue weighted by Gasteiger charge is 2.54. The van der Waals surface area contributed by atoms with Gasteiger partial charge in [0.1, 0.15) is 6.23 Å². The summed E-state index contributed by atoms with van der Waals surface area (Å²) < 4.78 is 0. The standard InChI is InChI=1S/C11H23NOS/c1-9(2,3)11(10(4,5)6)12-8(13)7-14-11/h8,12-13H,7H2,1-6H3. The Kier molecular flexibility index (Phi) is 2.99. The molecule has 1 unspecified atom stereocenters. The van der Waals surface area contributed by atoms with Gasteiger partial charge in [-0.3, -0.25) is 5.32 Å². The largest absolute Gasteiger partial charge is 0.378 e. The number of hydrogen-bond donors (Lipinski definition) is 2. The second-order valence-corrected chi connectivity index (χ2v) is 7.39. The predicted molar refractivity (Wildman–Crippen MR) is 63.2 cm³/mol. The molecule has 1 atom stereocenters. The van der Waals surface area contributed by atoms with Crippen LogP contribution >= 0.6 is 11.8 Å². The van der Waals surface area contributed by atoms with Gasteiger partial charge in [0.05, 0.1) is 4.87 Å². The third-order valence-corrected chi connectivity index (χ3v) is 5.20. The Morgan fingerprint density at radius 2 is 1.57 bits per heavy atom. The molecule has 1 rings (SSSR count). The van der Waals surface area contributed by atoms with Crippen molar-refractivity contribution in [1.29, 1.82) is 0 Å². The molecule has 3 heteroatoms. The molecule has 0 aromatic rings. The normalized spacial score (nSPS) is 28.1. The van der Waals surface area contributed by atoms with Crippen molar-refractivity contribution in [3.8, 4) is 0 Å². The molecule has 14 heavy (non-hydrogen) atoms. The molecule has 0 radical (unpaired) electrons. The minimum absolute atomic E-state index is 0.0422. The molecule has 0 bridgehead atoms. The van der Waals surface area contributed by atoms with Crippen molar-refractivity contribution in [3.63, 3.8) is 0 Å². The fourth-order valence-electron chi connectivity index (χ4n) is 2.51. The molecule has 0 aromatic carbocycles. The maximum absolute atomic E-state index is 9.66. The molecule has 0 aromatic heterocycles. The number of nitrogens with one attached hydrogen (secondary N) is 1. The minimum Gasteiger partial charge on any atom is -0.378 e. The van der Waals surface area contributed by atoms with Crippen LogP contribution in [0.15, 0.2) is 0 Å². The van der Waals surface area contributed by atoms with E-state index in [1.165, 1.54) is 0 Å². The summed E-state index contributed by atoms with van der Waals surface area (Å²) in [5, 5.41) is 13.0. The minimum atomic E-state index is -0.363. The third kappa shape index (κ3) is 1.82. The quantitative estimate of drug-likeness (QED) is 0.653. The monoisotopic (exact) mass is 217 g/mol. The van der Waals surface area contributed by atoms with Gasteiger partial charge in [0, 0.05) is 5.75 Å². The molecule has 2 nitrogen and oxygen atoms in total. The summed E-state index contributed by atoms with van der Waals surface area (Å²) in [4.78, 5) is -0.0422. The molecule has 2 N–H and O–H groups in total. The summed E-state index contributed by atoms with van der Waals surface area (Å²) in [6, 6.07) is 0. The lowest BCUT2D eigenvalue weighted by atomic mass is 9.71. The Bertz CT molecular complexity index is 200. The second kappa shape index (κ2) is 3.39. The highest BCUT2D eigenvalue weighted by molar-refractivity contribution is 8.01. The summed E-state index contributed by atoms with van der Waals surface area (Å²) in [6.45, 7) is 13.4. The van der Waals surface area contributed by atoms with Crippen LogP contribution in [0.2, 0.25) is 0 Å². The predicted octanol–water partition coefficient (Wildman–Crippen LogP) is 2.43. The lowest BCUT2D eigenvalue weighted by Crippen LogP contribution is -2.59. The van der Waals surface area contributed by atoms with Crippen LogP contribution in [-0.4, -0.2) is 22.0 Å². The summed E-state index contributed by atoms with van der Waals surface area (Å²) in [5.41, 5.74) is 0.265. The Balaban J connectivity index is 3.05. The molecular weight excluding hydrogens is 194 g/mol. The third-order valence-electron chi connectivity index (χ3n) is 2.94. The van der Waals surface area contributed by atoms with Gasteiger partial charge in [-0.15, -0.1) is 11.8 Å². The van der Waals surface area contributed by atoms with Gasteiger partial charge in [-0.1, -0.05) is 41.5 Å². The first-order valence-corrected chi connectivity index (χ1v) is 6.18. The lowest BCUT2D eigenvalue weighted by Gasteiger charge is -2.50. The van der Waals surface area contributed by atoms with Gasteiger partial charge < -0.3 is 5.11 Å². The second-order valence-electron chi connectivity index (χ2n) is 6.15. The Morgan fingerprint density at radius 1 is 1.14 bits per heavy atom. The molecule has 0 spiro atoms. The molecule has 1 aliphatic rings. The van der Waals surface area contributed by atoms with Crippen molar-refractivity contribution in [2.24, 2.45) is 10.8 Å². The van der Waals surface area contributed by atoms with Crippen LogP contribution in [0.1, 0.15) is 41.5 Å². The van der Waals surface area contributed by atoms with Crippen LogP contribution in [0.25, 0.3) is 0 Å². The Morgan fingerprint density at radius 3 is 1.71 bits per heavy atom. The van der Waals surface area contributed by atoms with E-state index in [-0.39, 0.29) is 21.9 Å². The molecule has 84 valence electrons. The van der Waals surface area contributed by atoms with Crippen molar-refractivity contribution >= 4 is 11.8 Å². The van der Waals surface area contributed by atoms with E-state index in [9.17, 15) is 5.11 Å². The fraction of sp³-hybridized carbons (Fsp3) is 1.00. The molecule has 1 saturated heterocycles. The molecular formula is C11H23NOS. The Labute approximate surface area is 91.9 Å². The van der Waals surface area contributed by atoms with E-state index < -0.39 is 0 Å². The molecule has 1 aliphatic heterocycles. The molecule has 0 aliphatic carbocycles. The van der Waals surface area contributed by atoms with Gasteiger partial charge >= 0.3 is 0 Å². The SMILES string of the molecule is CC(C)(C)C1(C(C)(C)C)NC(O)CS1. The first kappa shape index (κ1) is 12.3. The molecule has 0 saturated carbocycles. The summed E-state index contributed by atoms with van der Waals surface area (Å²) >= 11 is 1.85.